The van der Waals surface area contributed by atoms with Gasteiger partial charge in [0.1, 0.15) is 0 Å². The minimum absolute atomic E-state index is 0.0227. The smallest absolute Gasteiger partial charge is 0.231 e. The fraction of sp³-hybridized carbons (Fsp3) is 0.222. The molecule has 0 aliphatic rings. The van der Waals surface area contributed by atoms with Crippen LogP contribution in [0.15, 0.2) is 30.3 Å². The van der Waals surface area contributed by atoms with Gasteiger partial charge in [0.15, 0.2) is 0 Å². The number of benzene rings is 2. The number of carbonyl (C=O) groups excluding carboxylic acids is 2. The molecule has 1 unspecified atom stereocenters. The van der Waals surface area contributed by atoms with E-state index in [1.807, 2.05) is 0 Å². The topological polar surface area (TPSA) is 51.2 Å². The van der Waals surface area contributed by atoms with Crippen molar-refractivity contribution in [3.63, 3.8) is 0 Å². The molecule has 132 valence electrons. The average molecular weight is 418 g/mol. The molecule has 0 N–H and O–H groups in total. The van der Waals surface area contributed by atoms with Crippen LogP contribution in [0.3, 0.4) is 0 Å². The van der Waals surface area contributed by atoms with Gasteiger partial charge in [0, 0.05) is 16.7 Å². The van der Waals surface area contributed by atoms with Crippen molar-refractivity contribution in [2.45, 2.75) is 20.8 Å². The van der Waals surface area contributed by atoms with Gasteiger partial charge in [-0.05, 0) is 37.1 Å². The van der Waals surface area contributed by atoms with Gasteiger partial charge in [0.05, 0.1) is 15.6 Å². The number of halogens is 3. The zero-order chi connectivity index (χ0) is 18.9. The van der Waals surface area contributed by atoms with Crippen LogP contribution in [0.1, 0.15) is 38.8 Å². The zero-order valence-electron chi connectivity index (χ0n) is 13.9. The highest BCUT2D eigenvalue weighted by Gasteiger charge is 2.42. The summed E-state index contributed by atoms with van der Waals surface area (Å²) < 4.78 is 13.4. The van der Waals surface area contributed by atoms with Gasteiger partial charge in [0.2, 0.25) is 18.2 Å². The largest absolute Gasteiger partial charge is 0.307 e. The second-order valence-electron chi connectivity index (χ2n) is 5.68. The Morgan fingerprint density at radius 2 is 1.36 bits per heavy atom. The Bertz CT molecular complexity index is 879. The molecule has 7 heteroatoms. The Labute approximate surface area is 161 Å². The van der Waals surface area contributed by atoms with Crippen LogP contribution >= 0.6 is 41.9 Å². The molecule has 2 aromatic carbocycles. The Kier molecular flexibility index (Phi) is 6.17. The summed E-state index contributed by atoms with van der Waals surface area (Å²) in [5, 5.41) is 0.204. The van der Waals surface area contributed by atoms with Gasteiger partial charge >= 0.3 is 0 Å². The first kappa shape index (κ1) is 20.2. The molecular weight excluding hydrogens is 402 g/mol. The molecule has 0 saturated heterocycles. The SMILES string of the molecule is CCP(=O)(C(=O)c1c(C)cccc1C)C(=O)c1c(Cl)cc(Cl)cc1Cl. The second kappa shape index (κ2) is 7.63. The second-order valence-corrected chi connectivity index (χ2v) is 9.85. The summed E-state index contributed by atoms with van der Waals surface area (Å²) in [7, 11) is -3.94. The minimum atomic E-state index is -3.94. The van der Waals surface area contributed by atoms with Crippen molar-refractivity contribution in [3.8, 4) is 0 Å². The normalized spacial score (nSPS) is 13.4. The van der Waals surface area contributed by atoms with Crippen LogP contribution in [-0.4, -0.2) is 17.2 Å². The lowest BCUT2D eigenvalue weighted by molar-refractivity contribution is 0.103. The van der Waals surface area contributed by atoms with Gasteiger partial charge in [0.25, 0.3) is 0 Å². The van der Waals surface area contributed by atoms with E-state index in [0.717, 1.165) is 0 Å². The Morgan fingerprint density at radius 1 is 0.920 bits per heavy atom. The number of carbonyl (C=O) groups is 2. The maximum absolute atomic E-state index is 13.4. The number of hydrogen-bond donors (Lipinski definition) is 0. The maximum Gasteiger partial charge on any atom is 0.231 e. The zero-order valence-corrected chi connectivity index (χ0v) is 17.1. The third-order valence-electron chi connectivity index (χ3n) is 4.02. The highest BCUT2D eigenvalue weighted by atomic mass is 35.5. The molecule has 0 fully saturated rings. The molecule has 0 spiro atoms. The molecule has 3 nitrogen and oxygen atoms in total. The van der Waals surface area contributed by atoms with Gasteiger partial charge in [-0.2, -0.15) is 0 Å². The van der Waals surface area contributed by atoms with Gasteiger partial charge in [-0.3, -0.25) is 9.59 Å². The highest BCUT2D eigenvalue weighted by Crippen LogP contribution is 2.54. The van der Waals surface area contributed by atoms with Crippen molar-refractivity contribution < 1.29 is 14.2 Å². The lowest BCUT2D eigenvalue weighted by Crippen LogP contribution is -2.15. The Hall–Kier alpha value is -1.12. The van der Waals surface area contributed by atoms with Crippen molar-refractivity contribution in [3.05, 3.63) is 67.7 Å². The van der Waals surface area contributed by atoms with E-state index in [9.17, 15) is 14.2 Å². The van der Waals surface area contributed by atoms with Crippen molar-refractivity contribution in [1.29, 1.82) is 0 Å². The summed E-state index contributed by atoms with van der Waals surface area (Å²) in [5.74, 6) is 0. The molecule has 1 atom stereocenters. The molecule has 0 saturated carbocycles. The predicted octanol–water partition coefficient (Wildman–Crippen LogP) is 6.63. The van der Waals surface area contributed by atoms with E-state index in [4.69, 9.17) is 34.8 Å². The molecule has 2 aromatic rings. The number of rotatable bonds is 5. The first-order valence-corrected chi connectivity index (χ1v) is 10.6. The first-order chi connectivity index (χ1) is 11.6. The quantitative estimate of drug-likeness (QED) is 0.513. The van der Waals surface area contributed by atoms with Crippen LogP contribution in [0.2, 0.25) is 15.1 Å². The lowest BCUT2D eigenvalue weighted by Gasteiger charge is -2.18. The molecule has 25 heavy (non-hydrogen) atoms. The van der Waals surface area contributed by atoms with Crippen LogP contribution in [0.25, 0.3) is 0 Å². The van der Waals surface area contributed by atoms with Crippen molar-refractivity contribution >= 4 is 53.0 Å². The van der Waals surface area contributed by atoms with Crippen molar-refractivity contribution in [2.24, 2.45) is 0 Å². The fourth-order valence-corrected chi connectivity index (χ4v) is 5.83. The average Bonchev–Trinajstić information content (AvgIpc) is 2.52. The maximum atomic E-state index is 13.4. The fourth-order valence-electron chi connectivity index (χ4n) is 2.64. The highest BCUT2D eigenvalue weighted by molar-refractivity contribution is 7.95. The number of hydrogen-bond acceptors (Lipinski definition) is 3. The molecule has 0 radical (unpaired) electrons. The van der Waals surface area contributed by atoms with E-state index >= 15 is 0 Å². The van der Waals surface area contributed by atoms with E-state index in [1.165, 1.54) is 12.1 Å². The molecule has 0 aliphatic heterocycles. The molecule has 0 heterocycles. The molecule has 0 bridgehead atoms. The van der Waals surface area contributed by atoms with Crippen molar-refractivity contribution in [1.82, 2.24) is 0 Å². The van der Waals surface area contributed by atoms with Crippen LogP contribution in [0, 0.1) is 13.8 Å². The van der Waals surface area contributed by atoms with E-state index < -0.39 is 18.2 Å². The summed E-state index contributed by atoms with van der Waals surface area (Å²) in [6, 6.07) is 7.96. The van der Waals surface area contributed by atoms with Gasteiger partial charge < -0.3 is 4.57 Å². The summed E-state index contributed by atoms with van der Waals surface area (Å²) in [6.07, 6.45) is -0.117. The predicted molar refractivity (Wildman–Crippen MR) is 104 cm³/mol. The molecule has 0 aromatic heterocycles. The van der Waals surface area contributed by atoms with Gasteiger partial charge in [-0.25, -0.2) is 0 Å². The monoisotopic (exact) mass is 416 g/mol. The van der Waals surface area contributed by atoms with Gasteiger partial charge in [-0.15, -0.1) is 0 Å². The van der Waals surface area contributed by atoms with Crippen LogP contribution in [0.5, 0.6) is 0 Å². The van der Waals surface area contributed by atoms with E-state index in [1.54, 1.807) is 39.0 Å². The van der Waals surface area contributed by atoms with E-state index in [0.29, 0.717) is 16.7 Å². The molecule has 0 amide bonds. The Morgan fingerprint density at radius 3 is 1.80 bits per heavy atom. The summed E-state index contributed by atoms with van der Waals surface area (Å²) in [4.78, 5) is 26.0. The van der Waals surface area contributed by atoms with Crippen molar-refractivity contribution in [2.75, 3.05) is 6.16 Å². The number of aryl methyl sites for hydroxylation is 2. The molecule has 0 aliphatic carbocycles. The molecular formula is C18H16Cl3O3P. The van der Waals surface area contributed by atoms with Crippen LogP contribution < -0.4 is 0 Å². The van der Waals surface area contributed by atoms with E-state index in [-0.39, 0.29) is 26.8 Å². The third-order valence-corrected chi connectivity index (χ3v) is 7.48. The van der Waals surface area contributed by atoms with Crippen LogP contribution in [-0.2, 0) is 4.57 Å². The lowest BCUT2D eigenvalue weighted by atomic mass is 10.0. The summed E-state index contributed by atoms with van der Waals surface area (Å²) in [5.41, 5.74) is 0.00583. The van der Waals surface area contributed by atoms with E-state index in [2.05, 4.69) is 0 Å². The first-order valence-electron chi connectivity index (χ1n) is 7.53. The van der Waals surface area contributed by atoms with Gasteiger partial charge in [-0.1, -0.05) is 59.9 Å². The molecule has 2 rings (SSSR count). The third kappa shape index (κ3) is 3.71. The van der Waals surface area contributed by atoms with Crippen LogP contribution in [0.4, 0.5) is 0 Å². The Balaban J connectivity index is 2.63. The summed E-state index contributed by atoms with van der Waals surface area (Å²) in [6.45, 7) is 5.03. The summed E-state index contributed by atoms with van der Waals surface area (Å²) >= 11 is 18.0. The standard InChI is InChI=1S/C18H16Cl3O3P/c1-4-25(24,17(22)15-10(2)6-5-7-11(15)3)18(23)16-13(20)8-12(19)9-14(16)21/h5-9H,4H2,1-3H3. The minimum Gasteiger partial charge on any atom is -0.307 e.